The van der Waals surface area contributed by atoms with Crippen molar-refractivity contribution in [3.63, 3.8) is 0 Å². The largest absolute Gasteiger partial charge is 0.372 e. The summed E-state index contributed by atoms with van der Waals surface area (Å²) < 4.78 is 1.04. The van der Waals surface area contributed by atoms with Crippen molar-refractivity contribution in [3.8, 4) is 0 Å². The lowest BCUT2D eigenvalue weighted by atomic mass is 10.1. The lowest BCUT2D eigenvalue weighted by Crippen LogP contribution is -2.39. The summed E-state index contributed by atoms with van der Waals surface area (Å²) >= 11 is 1.44. The molecule has 29 heavy (non-hydrogen) atoms. The van der Waals surface area contributed by atoms with Crippen LogP contribution in [0.15, 0.2) is 51.5 Å². The van der Waals surface area contributed by atoms with Gasteiger partial charge in [0.2, 0.25) is 0 Å². The van der Waals surface area contributed by atoms with Crippen LogP contribution in [0.2, 0.25) is 0 Å². The van der Waals surface area contributed by atoms with E-state index in [1.165, 1.54) is 17.5 Å². The molecule has 0 spiro atoms. The number of H-pyrrole nitrogens is 1. The maximum atomic E-state index is 12.7. The fourth-order valence-corrected chi connectivity index (χ4v) is 3.83. The van der Waals surface area contributed by atoms with Crippen molar-refractivity contribution in [3.05, 3.63) is 78.8 Å². The minimum absolute atomic E-state index is 0.103. The summed E-state index contributed by atoms with van der Waals surface area (Å²) in [5.74, 6) is -0.551. The van der Waals surface area contributed by atoms with Gasteiger partial charge in [-0.15, -0.1) is 11.3 Å². The van der Waals surface area contributed by atoms with Gasteiger partial charge in [0, 0.05) is 35.5 Å². The SMILES string of the molecule is CCN(CC)c1ccc(NC(=O)c2c[nH]c(=O)n(Cc3cccs3)c2=O)c(C)c1. The van der Waals surface area contributed by atoms with Gasteiger partial charge in [-0.1, -0.05) is 6.07 Å². The molecule has 3 aromatic rings. The predicted molar refractivity (Wildman–Crippen MR) is 117 cm³/mol. The van der Waals surface area contributed by atoms with Crippen molar-refractivity contribution in [1.82, 2.24) is 9.55 Å². The number of amides is 1. The zero-order valence-corrected chi connectivity index (χ0v) is 17.5. The van der Waals surface area contributed by atoms with E-state index in [1.807, 2.05) is 42.6 Å². The molecule has 2 aromatic heterocycles. The van der Waals surface area contributed by atoms with Gasteiger partial charge in [0.05, 0.1) is 6.54 Å². The third kappa shape index (κ3) is 4.48. The summed E-state index contributed by atoms with van der Waals surface area (Å²) in [5.41, 5.74) is 1.34. The first-order chi connectivity index (χ1) is 13.9. The number of benzene rings is 1. The van der Waals surface area contributed by atoms with Gasteiger partial charge in [0.15, 0.2) is 0 Å². The van der Waals surface area contributed by atoms with Gasteiger partial charge >= 0.3 is 5.69 Å². The van der Waals surface area contributed by atoms with Gasteiger partial charge in [-0.25, -0.2) is 4.79 Å². The first-order valence-electron chi connectivity index (χ1n) is 9.46. The number of nitrogens with one attached hydrogen (secondary N) is 2. The molecule has 152 valence electrons. The molecule has 1 aromatic carbocycles. The van der Waals surface area contributed by atoms with E-state index < -0.39 is 17.2 Å². The number of aromatic amines is 1. The van der Waals surface area contributed by atoms with Crippen molar-refractivity contribution in [2.45, 2.75) is 27.3 Å². The zero-order chi connectivity index (χ0) is 21.0. The van der Waals surface area contributed by atoms with Crippen LogP contribution in [0.1, 0.15) is 34.6 Å². The predicted octanol–water partition coefficient (Wildman–Crippen LogP) is 3.05. The van der Waals surface area contributed by atoms with Crippen LogP contribution in [0.5, 0.6) is 0 Å². The highest BCUT2D eigenvalue weighted by atomic mass is 32.1. The molecule has 0 saturated heterocycles. The zero-order valence-electron chi connectivity index (χ0n) is 16.7. The minimum atomic E-state index is -0.614. The second-order valence-electron chi connectivity index (χ2n) is 6.60. The third-order valence-corrected chi connectivity index (χ3v) is 5.65. The minimum Gasteiger partial charge on any atom is -0.372 e. The number of hydrogen-bond donors (Lipinski definition) is 2. The van der Waals surface area contributed by atoms with E-state index in [-0.39, 0.29) is 12.1 Å². The summed E-state index contributed by atoms with van der Waals surface area (Å²) in [7, 11) is 0. The van der Waals surface area contributed by atoms with Crippen molar-refractivity contribution in [2.24, 2.45) is 0 Å². The van der Waals surface area contributed by atoms with Crippen LogP contribution < -0.4 is 21.5 Å². The lowest BCUT2D eigenvalue weighted by molar-refractivity contribution is 0.102. The quantitative estimate of drug-likeness (QED) is 0.624. The standard InChI is InChI=1S/C21H24N4O3S/c1-4-24(5-2)15-8-9-18(14(3)11-15)23-19(26)17-12-22-21(28)25(20(17)27)13-16-7-6-10-29-16/h6-12H,4-5,13H2,1-3H3,(H,22,28)(H,23,26). The van der Waals surface area contributed by atoms with Crippen molar-refractivity contribution in [1.29, 1.82) is 0 Å². The van der Waals surface area contributed by atoms with Gasteiger partial charge in [-0.05, 0) is 56.0 Å². The molecule has 7 nitrogen and oxygen atoms in total. The first-order valence-corrected chi connectivity index (χ1v) is 10.3. The van der Waals surface area contributed by atoms with E-state index in [2.05, 4.69) is 29.0 Å². The fraction of sp³-hybridized carbons (Fsp3) is 0.286. The Morgan fingerprint density at radius 2 is 1.97 bits per heavy atom. The number of carbonyl (C=O) groups excluding carboxylic acids is 1. The summed E-state index contributed by atoms with van der Waals surface area (Å²) in [6.07, 6.45) is 1.17. The van der Waals surface area contributed by atoms with Crippen LogP contribution in [0.4, 0.5) is 11.4 Å². The van der Waals surface area contributed by atoms with E-state index in [9.17, 15) is 14.4 Å². The van der Waals surface area contributed by atoms with Crippen LogP contribution in [0.3, 0.4) is 0 Å². The van der Waals surface area contributed by atoms with E-state index in [4.69, 9.17) is 0 Å². The van der Waals surface area contributed by atoms with Gasteiger partial charge in [-0.3, -0.25) is 14.2 Å². The fourth-order valence-electron chi connectivity index (χ4n) is 3.14. The van der Waals surface area contributed by atoms with E-state index in [1.54, 1.807) is 0 Å². The number of rotatable bonds is 7. The van der Waals surface area contributed by atoms with Gasteiger partial charge in [-0.2, -0.15) is 0 Å². The number of anilines is 2. The number of aromatic nitrogens is 2. The van der Waals surface area contributed by atoms with Crippen LogP contribution >= 0.6 is 11.3 Å². The number of hydrogen-bond acceptors (Lipinski definition) is 5. The molecular formula is C21H24N4O3S. The van der Waals surface area contributed by atoms with Crippen molar-refractivity contribution in [2.75, 3.05) is 23.3 Å². The maximum Gasteiger partial charge on any atom is 0.328 e. The average molecular weight is 413 g/mol. The molecule has 2 N–H and O–H groups in total. The Bertz CT molecular complexity index is 1110. The molecule has 0 bridgehead atoms. The number of nitrogens with zero attached hydrogens (tertiary/aromatic N) is 2. The monoisotopic (exact) mass is 412 g/mol. The molecule has 0 saturated carbocycles. The van der Waals surface area contributed by atoms with Crippen LogP contribution in [-0.2, 0) is 6.54 Å². The third-order valence-electron chi connectivity index (χ3n) is 4.79. The van der Waals surface area contributed by atoms with Crippen molar-refractivity contribution < 1.29 is 4.79 Å². The molecule has 0 unspecified atom stereocenters. The van der Waals surface area contributed by atoms with Crippen LogP contribution in [0, 0.1) is 6.92 Å². The van der Waals surface area contributed by atoms with Crippen molar-refractivity contribution >= 4 is 28.6 Å². The smallest absolute Gasteiger partial charge is 0.328 e. The second-order valence-corrected chi connectivity index (χ2v) is 7.64. The Labute approximate surface area is 172 Å². The molecule has 0 radical (unpaired) electrons. The van der Waals surface area contributed by atoms with Crippen LogP contribution in [-0.4, -0.2) is 28.5 Å². The highest BCUT2D eigenvalue weighted by molar-refractivity contribution is 7.09. The molecule has 8 heteroatoms. The Hall–Kier alpha value is -3.13. The normalized spacial score (nSPS) is 10.7. The summed E-state index contributed by atoms with van der Waals surface area (Å²) in [5, 5.41) is 4.66. The number of aryl methyl sites for hydroxylation is 1. The van der Waals surface area contributed by atoms with Gasteiger partial charge < -0.3 is 15.2 Å². The van der Waals surface area contributed by atoms with Crippen LogP contribution in [0.25, 0.3) is 0 Å². The van der Waals surface area contributed by atoms with E-state index in [0.717, 1.165) is 33.8 Å². The summed E-state index contributed by atoms with van der Waals surface area (Å²) in [6, 6.07) is 9.46. The molecule has 0 aliphatic rings. The Morgan fingerprint density at radius 1 is 1.21 bits per heavy atom. The second kappa shape index (κ2) is 8.91. The van der Waals surface area contributed by atoms with Gasteiger partial charge in [0.25, 0.3) is 11.5 Å². The Morgan fingerprint density at radius 3 is 2.59 bits per heavy atom. The molecule has 0 fully saturated rings. The lowest BCUT2D eigenvalue weighted by Gasteiger charge is -2.22. The number of thiophene rings is 1. The molecule has 3 rings (SSSR count). The summed E-state index contributed by atoms with van der Waals surface area (Å²) in [4.78, 5) is 43.1. The van der Waals surface area contributed by atoms with E-state index in [0.29, 0.717) is 5.69 Å². The molecule has 2 heterocycles. The molecular weight excluding hydrogens is 388 g/mol. The molecule has 1 amide bonds. The molecule has 0 aliphatic carbocycles. The highest BCUT2D eigenvalue weighted by Gasteiger charge is 2.16. The topological polar surface area (TPSA) is 87.2 Å². The van der Waals surface area contributed by atoms with E-state index >= 15 is 0 Å². The Balaban J connectivity index is 1.86. The average Bonchev–Trinajstić information content (AvgIpc) is 3.21. The van der Waals surface area contributed by atoms with Gasteiger partial charge in [0.1, 0.15) is 5.56 Å². The summed E-state index contributed by atoms with van der Waals surface area (Å²) in [6.45, 7) is 8.00. The first kappa shape index (κ1) is 20.6. The highest BCUT2D eigenvalue weighted by Crippen LogP contribution is 2.23. The maximum absolute atomic E-state index is 12.7. The molecule has 0 atom stereocenters. The molecule has 0 aliphatic heterocycles. The number of carbonyl (C=O) groups is 1. The Kier molecular flexibility index (Phi) is 6.33.